The van der Waals surface area contributed by atoms with E-state index in [0.29, 0.717) is 11.4 Å². The van der Waals surface area contributed by atoms with E-state index in [1.165, 1.54) is 0 Å². The molecule has 1 N–H and O–H groups in total. The SMILES string of the molecule is C=C(C)Cc1ccc(Cl)c(C)c1O. The summed E-state index contributed by atoms with van der Waals surface area (Å²) < 4.78 is 0. The van der Waals surface area contributed by atoms with Gasteiger partial charge in [0.2, 0.25) is 0 Å². The van der Waals surface area contributed by atoms with Crippen molar-refractivity contribution in [2.75, 3.05) is 0 Å². The van der Waals surface area contributed by atoms with Crippen molar-refractivity contribution in [2.45, 2.75) is 20.3 Å². The zero-order valence-electron chi connectivity index (χ0n) is 7.89. The van der Waals surface area contributed by atoms with Crippen LogP contribution < -0.4 is 0 Å². The van der Waals surface area contributed by atoms with E-state index in [-0.39, 0.29) is 5.75 Å². The second-order valence-electron chi connectivity index (χ2n) is 3.31. The van der Waals surface area contributed by atoms with E-state index in [2.05, 4.69) is 6.58 Å². The van der Waals surface area contributed by atoms with Crippen molar-refractivity contribution in [2.24, 2.45) is 0 Å². The molecule has 0 heterocycles. The summed E-state index contributed by atoms with van der Waals surface area (Å²) in [5, 5.41) is 10.3. The molecule has 1 aromatic carbocycles. The fourth-order valence-electron chi connectivity index (χ4n) is 1.20. The number of phenolic OH excluding ortho intramolecular Hbond substituents is 1. The second-order valence-corrected chi connectivity index (χ2v) is 3.72. The fourth-order valence-corrected chi connectivity index (χ4v) is 1.35. The van der Waals surface area contributed by atoms with E-state index in [1.807, 2.05) is 13.0 Å². The predicted octanol–water partition coefficient (Wildman–Crippen LogP) is 3.47. The van der Waals surface area contributed by atoms with Gasteiger partial charge in [-0.1, -0.05) is 29.8 Å². The van der Waals surface area contributed by atoms with Gasteiger partial charge in [-0.15, -0.1) is 0 Å². The Morgan fingerprint density at radius 1 is 1.54 bits per heavy atom. The molecule has 0 saturated carbocycles. The molecule has 1 rings (SSSR count). The molecule has 0 unspecified atom stereocenters. The highest BCUT2D eigenvalue weighted by molar-refractivity contribution is 6.31. The van der Waals surface area contributed by atoms with Gasteiger partial charge in [-0.25, -0.2) is 0 Å². The molecule has 0 atom stereocenters. The molecule has 0 amide bonds. The van der Waals surface area contributed by atoms with Crippen LogP contribution in [-0.4, -0.2) is 5.11 Å². The summed E-state index contributed by atoms with van der Waals surface area (Å²) in [5.41, 5.74) is 2.65. The van der Waals surface area contributed by atoms with Gasteiger partial charge >= 0.3 is 0 Å². The topological polar surface area (TPSA) is 20.2 Å². The first-order valence-electron chi connectivity index (χ1n) is 4.13. The van der Waals surface area contributed by atoms with Crippen molar-refractivity contribution in [1.82, 2.24) is 0 Å². The Balaban J connectivity index is 3.10. The molecule has 0 aromatic heterocycles. The highest BCUT2D eigenvalue weighted by Crippen LogP contribution is 2.29. The number of hydrogen-bond acceptors (Lipinski definition) is 1. The van der Waals surface area contributed by atoms with Crippen LogP contribution in [0.4, 0.5) is 0 Å². The van der Waals surface area contributed by atoms with Crippen LogP contribution in [0.3, 0.4) is 0 Å². The minimum Gasteiger partial charge on any atom is -0.507 e. The van der Waals surface area contributed by atoms with Crippen LogP contribution in [-0.2, 0) is 6.42 Å². The molecule has 0 fully saturated rings. The van der Waals surface area contributed by atoms with Crippen LogP contribution >= 0.6 is 11.6 Å². The number of benzene rings is 1. The maximum atomic E-state index is 9.70. The van der Waals surface area contributed by atoms with E-state index in [4.69, 9.17) is 11.6 Å². The standard InChI is InChI=1S/C11H13ClO/c1-7(2)6-9-4-5-10(12)8(3)11(9)13/h4-5,13H,1,6H2,2-3H3. The lowest BCUT2D eigenvalue weighted by atomic mass is 10.0. The van der Waals surface area contributed by atoms with Gasteiger partial charge in [-0.3, -0.25) is 0 Å². The van der Waals surface area contributed by atoms with Gasteiger partial charge in [-0.05, 0) is 31.9 Å². The Hall–Kier alpha value is -0.950. The molecule has 0 radical (unpaired) electrons. The van der Waals surface area contributed by atoms with Gasteiger partial charge < -0.3 is 5.11 Å². The first-order chi connectivity index (χ1) is 6.02. The summed E-state index contributed by atoms with van der Waals surface area (Å²) >= 11 is 5.84. The van der Waals surface area contributed by atoms with Gasteiger partial charge in [0.05, 0.1) is 0 Å². The first kappa shape index (κ1) is 10.1. The van der Waals surface area contributed by atoms with Crippen LogP contribution in [0.5, 0.6) is 5.75 Å². The molecular formula is C11H13ClO. The highest BCUT2D eigenvalue weighted by atomic mass is 35.5. The van der Waals surface area contributed by atoms with Crippen molar-refractivity contribution in [3.8, 4) is 5.75 Å². The number of allylic oxidation sites excluding steroid dienone is 1. The zero-order valence-corrected chi connectivity index (χ0v) is 8.65. The molecule has 0 aliphatic rings. The third-order valence-electron chi connectivity index (χ3n) is 1.94. The fraction of sp³-hybridized carbons (Fsp3) is 0.273. The number of rotatable bonds is 2. The molecule has 1 nitrogen and oxygen atoms in total. The van der Waals surface area contributed by atoms with Crippen molar-refractivity contribution in [3.63, 3.8) is 0 Å². The number of halogens is 1. The summed E-state index contributed by atoms with van der Waals surface area (Å²) in [5.74, 6) is 0.288. The summed E-state index contributed by atoms with van der Waals surface area (Å²) in [4.78, 5) is 0. The van der Waals surface area contributed by atoms with Gasteiger partial charge in [0.25, 0.3) is 0 Å². The molecule has 0 spiro atoms. The second kappa shape index (κ2) is 3.84. The quantitative estimate of drug-likeness (QED) is 0.719. The van der Waals surface area contributed by atoms with E-state index < -0.39 is 0 Å². The highest BCUT2D eigenvalue weighted by Gasteiger charge is 2.06. The Morgan fingerprint density at radius 2 is 2.15 bits per heavy atom. The van der Waals surface area contributed by atoms with E-state index in [1.54, 1.807) is 13.0 Å². The van der Waals surface area contributed by atoms with Crippen molar-refractivity contribution in [3.05, 3.63) is 40.4 Å². The molecule has 0 bridgehead atoms. The number of aromatic hydroxyl groups is 1. The average Bonchev–Trinajstić information content (AvgIpc) is 2.06. The normalized spacial score (nSPS) is 10.1. The van der Waals surface area contributed by atoms with Crippen molar-refractivity contribution < 1.29 is 5.11 Å². The van der Waals surface area contributed by atoms with E-state index in [9.17, 15) is 5.11 Å². The molecule has 0 saturated heterocycles. The number of hydrogen-bond donors (Lipinski definition) is 1. The predicted molar refractivity (Wildman–Crippen MR) is 56.4 cm³/mol. The van der Waals surface area contributed by atoms with Crippen molar-refractivity contribution >= 4 is 11.6 Å². The first-order valence-corrected chi connectivity index (χ1v) is 4.51. The Kier molecular flexibility index (Phi) is 2.99. The van der Waals surface area contributed by atoms with Crippen LogP contribution in [0.2, 0.25) is 5.02 Å². The molecule has 0 aliphatic heterocycles. The van der Waals surface area contributed by atoms with Crippen LogP contribution in [0, 0.1) is 6.92 Å². The summed E-state index contributed by atoms with van der Waals surface area (Å²) in [6.45, 7) is 7.54. The third kappa shape index (κ3) is 2.25. The summed E-state index contributed by atoms with van der Waals surface area (Å²) in [6, 6.07) is 3.63. The van der Waals surface area contributed by atoms with E-state index >= 15 is 0 Å². The minimum atomic E-state index is 0.288. The lowest BCUT2D eigenvalue weighted by Crippen LogP contribution is -1.89. The van der Waals surface area contributed by atoms with Gasteiger partial charge in [0.1, 0.15) is 5.75 Å². The van der Waals surface area contributed by atoms with Crippen molar-refractivity contribution in [1.29, 1.82) is 0 Å². The van der Waals surface area contributed by atoms with Gasteiger partial charge in [-0.2, -0.15) is 0 Å². The maximum absolute atomic E-state index is 9.70. The maximum Gasteiger partial charge on any atom is 0.123 e. The third-order valence-corrected chi connectivity index (χ3v) is 2.35. The van der Waals surface area contributed by atoms with Crippen LogP contribution in [0.15, 0.2) is 24.3 Å². The molecule has 70 valence electrons. The Morgan fingerprint density at radius 3 is 2.69 bits per heavy atom. The van der Waals surface area contributed by atoms with Gasteiger partial charge in [0.15, 0.2) is 0 Å². The lowest BCUT2D eigenvalue weighted by molar-refractivity contribution is 0.465. The minimum absolute atomic E-state index is 0.288. The van der Waals surface area contributed by atoms with Gasteiger partial charge in [0, 0.05) is 10.6 Å². The van der Waals surface area contributed by atoms with E-state index in [0.717, 1.165) is 16.7 Å². The summed E-state index contributed by atoms with van der Waals surface area (Å²) in [6.07, 6.45) is 0.698. The molecule has 0 aliphatic carbocycles. The zero-order chi connectivity index (χ0) is 10.0. The molecule has 2 heteroatoms. The molecule has 13 heavy (non-hydrogen) atoms. The lowest BCUT2D eigenvalue weighted by Gasteiger charge is -2.07. The van der Waals surface area contributed by atoms with Crippen LogP contribution in [0.1, 0.15) is 18.1 Å². The molecular weight excluding hydrogens is 184 g/mol. The Bertz CT molecular complexity index is 342. The molecule has 1 aromatic rings. The largest absolute Gasteiger partial charge is 0.507 e. The summed E-state index contributed by atoms with van der Waals surface area (Å²) in [7, 11) is 0. The smallest absolute Gasteiger partial charge is 0.123 e. The monoisotopic (exact) mass is 196 g/mol. The number of phenols is 1. The average molecular weight is 197 g/mol. The van der Waals surface area contributed by atoms with Crippen LogP contribution in [0.25, 0.3) is 0 Å². The Labute approximate surface area is 83.7 Å².